The van der Waals surface area contributed by atoms with Crippen molar-refractivity contribution < 1.29 is 9.85 Å². The molecule has 1 aromatic heterocycles. The number of nitrogens with zero attached hydrogens (tertiary/aromatic N) is 2. The fourth-order valence-electron chi connectivity index (χ4n) is 1.70. The highest BCUT2D eigenvalue weighted by atomic mass is 32.1. The second kappa shape index (κ2) is 5.66. The molecule has 0 aliphatic heterocycles. The van der Waals surface area contributed by atoms with Gasteiger partial charge in [-0.1, -0.05) is 0 Å². The summed E-state index contributed by atoms with van der Waals surface area (Å²) in [4.78, 5) is 22.5. The van der Waals surface area contributed by atoms with Crippen molar-refractivity contribution in [2.45, 2.75) is 13.5 Å². The first kappa shape index (κ1) is 13.9. The van der Waals surface area contributed by atoms with Crippen LogP contribution in [0.4, 0.5) is 17.1 Å². The summed E-state index contributed by atoms with van der Waals surface area (Å²) in [6.07, 6.45) is 0. The van der Waals surface area contributed by atoms with Gasteiger partial charge in [0.1, 0.15) is 5.69 Å². The van der Waals surface area contributed by atoms with Crippen LogP contribution in [-0.4, -0.2) is 9.85 Å². The third kappa shape index (κ3) is 3.09. The van der Waals surface area contributed by atoms with Crippen LogP contribution in [0.1, 0.15) is 9.75 Å². The maximum absolute atomic E-state index is 11.0. The summed E-state index contributed by atoms with van der Waals surface area (Å²) in [5.74, 6) is 0. The van der Waals surface area contributed by atoms with Crippen LogP contribution in [0, 0.1) is 27.2 Å². The maximum Gasteiger partial charge on any atom is 0.299 e. The van der Waals surface area contributed by atoms with Gasteiger partial charge in [-0.2, -0.15) is 0 Å². The molecule has 20 heavy (non-hydrogen) atoms. The Bertz CT molecular complexity index is 668. The summed E-state index contributed by atoms with van der Waals surface area (Å²) >= 11 is 1.59. The minimum absolute atomic E-state index is 0.270. The molecule has 2 aromatic rings. The smallest absolute Gasteiger partial charge is 0.299 e. The Balaban J connectivity index is 2.22. The Morgan fingerprint density at radius 2 is 1.90 bits per heavy atom. The van der Waals surface area contributed by atoms with E-state index >= 15 is 0 Å². The van der Waals surface area contributed by atoms with E-state index in [1.165, 1.54) is 12.1 Å². The number of anilines is 1. The van der Waals surface area contributed by atoms with E-state index in [-0.39, 0.29) is 17.1 Å². The zero-order valence-corrected chi connectivity index (χ0v) is 11.3. The van der Waals surface area contributed by atoms with Gasteiger partial charge < -0.3 is 5.32 Å². The van der Waals surface area contributed by atoms with Crippen LogP contribution in [0.2, 0.25) is 0 Å². The summed E-state index contributed by atoms with van der Waals surface area (Å²) in [6, 6.07) is 7.46. The third-order valence-corrected chi connectivity index (χ3v) is 3.64. The van der Waals surface area contributed by atoms with Crippen molar-refractivity contribution in [1.29, 1.82) is 0 Å². The number of thiophene rings is 1. The molecule has 0 saturated carbocycles. The molecule has 0 spiro atoms. The SMILES string of the molecule is Cc1ccc(CNc2ccc([N+](=O)[O-])cc2[N+](=O)[O-])s1. The quantitative estimate of drug-likeness (QED) is 0.672. The van der Waals surface area contributed by atoms with Gasteiger partial charge in [-0.15, -0.1) is 11.3 Å². The van der Waals surface area contributed by atoms with Crippen molar-refractivity contribution >= 4 is 28.4 Å². The first-order chi connectivity index (χ1) is 9.47. The second-order valence-corrected chi connectivity index (χ2v) is 5.45. The van der Waals surface area contributed by atoms with E-state index in [1.807, 2.05) is 19.1 Å². The monoisotopic (exact) mass is 293 g/mol. The zero-order valence-electron chi connectivity index (χ0n) is 10.5. The van der Waals surface area contributed by atoms with E-state index < -0.39 is 9.85 Å². The summed E-state index contributed by atoms with van der Waals surface area (Å²) in [6.45, 7) is 2.42. The van der Waals surface area contributed by atoms with Crippen molar-refractivity contribution in [2.75, 3.05) is 5.32 Å². The molecule has 0 aliphatic carbocycles. The summed E-state index contributed by atoms with van der Waals surface area (Å²) in [5.41, 5.74) is -0.326. The average molecular weight is 293 g/mol. The Morgan fingerprint density at radius 1 is 1.15 bits per heavy atom. The first-order valence-electron chi connectivity index (χ1n) is 5.69. The molecule has 104 valence electrons. The molecule has 0 radical (unpaired) electrons. The Morgan fingerprint density at radius 3 is 2.45 bits per heavy atom. The highest BCUT2D eigenvalue weighted by Crippen LogP contribution is 2.29. The second-order valence-electron chi connectivity index (χ2n) is 4.08. The molecule has 0 fully saturated rings. The molecule has 0 unspecified atom stereocenters. The lowest BCUT2D eigenvalue weighted by molar-refractivity contribution is -0.393. The standard InChI is InChI=1S/C12H11N3O4S/c1-8-2-4-10(20-8)7-13-11-5-3-9(14(16)17)6-12(11)15(18)19/h2-6,13H,7H2,1H3. The molecular weight excluding hydrogens is 282 g/mol. The summed E-state index contributed by atoms with van der Waals surface area (Å²) in [5, 5.41) is 24.5. The van der Waals surface area contributed by atoms with Crippen molar-refractivity contribution in [3.63, 3.8) is 0 Å². The number of hydrogen-bond donors (Lipinski definition) is 1. The zero-order chi connectivity index (χ0) is 14.7. The molecular formula is C12H11N3O4S. The number of rotatable bonds is 5. The lowest BCUT2D eigenvalue weighted by Gasteiger charge is -2.05. The van der Waals surface area contributed by atoms with Gasteiger partial charge in [0.2, 0.25) is 0 Å². The largest absolute Gasteiger partial charge is 0.375 e. The number of benzene rings is 1. The minimum atomic E-state index is -0.653. The summed E-state index contributed by atoms with van der Waals surface area (Å²) in [7, 11) is 0. The lowest BCUT2D eigenvalue weighted by Crippen LogP contribution is -2.02. The normalized spacial score (nSPS) is 10.2. The molecule has 2 rings (SSSR count). The Kier molecular flexibility index (Phi) is 3.94. The first-order valence-corrected chi connectivity index (χ1v) is 6.51. The van der Waals surface area contributed by atoms with E-state index in [4.69, 9.17) is 0 Å². The molecule has 8 heteroatoms. The van der Waals surface area contributed by atoms with Crippen LogP contribution in [0.3, 0.4) is 0 Å². The Hall–Kier alpha value is -2.48. The molecule has 7 nitrogen and oxygen atoms in total. The third-order valence-electron chi connectivity index (χ3n) is 2.64. The van der Waals surface area contributed by atoms with E-state index in [0.29, 0.717) is 6.54 Å². The van der Waals surface area contributed by atoms with E-state index in [1.54, 1.807) is 11.3 Å². The fraction of sp³-hybridized carbons (Fsp3) is 0.167. The predicted molar refractivity (Wildman–Crippen MR) is 76.1 cm³/mol. The van der Waals surface area contributed by atoms with Crippen LogP contribution in [0.15, 0.2) is 30.3 Å². The predicted octanol–water partition coefficient (Wildman–Crippen LogP) is 3.49. The van der Waals surface area contributed by atoms with Gasteiger partial charge >= 0.3 is 0 Å². The van der Waals surface area contributed by atoms with Crippen LogP contribution < -0.4 is 5.32 Å². The molecule has 1 aromatic carbocycles. The molecule has 0 bridgehead atoms. The van der Waals surface area contributed by atoms with Crippen LogP contribution in [0.5, 0.6) is 0 Å². The van der Waals surface area contributed by atoms with Gasteiger partial charge in [0.05, 0.1) is 15.9 Å². The van der Waals surface area contributed by atoms with Gasteiger partial charge in [0, 0.05) is 22.4 Å². The number of nitrogens with one attached hydrogen (secondary N) is 1. The number of nitro benzene ring substituents is 2. The van der Waals surface area contributed by atoms with Crippen molar-refractivity contribution in [3.8, 4) is 0 Å². The molecule has 0 saturated heterocycles. The van der Waals surface area contributed by atoms with Gasteiger partial charge in [0.25, 0.3) is 11.4 Å². The minimum Gasteiger partial charge on any atom is -0.375 e. The van der Waals surface area contributed by atoms with Crippen LogP contribution >= 0.6 is 11.3 Å². The number of aryl methyl sites for hydroxylation is 1. The molecule has 0 amide bonds. The van der Waals surface area contributed by atoms with Crippen molar-refractivity contribution in [2.24, 2.45) is 0 Å². The van der Waals surface area contributed by atoms with E-state index in [2.05, 4.69) is 5.32 Å². The molecule has 0 atom stereocenters. The van der Waals surface area contributed by atoms with Crippen molar-refractivity contribution in [1.82, 2.24) is 0 Å². The Labute approximate surface area is 118 Å². The number of hydrogen-bond acceptors (Lipinski definition) is 6. The van der Waals surface area contributed by atoms with Gasteiger partial charge in [-0.05, 0) is 25.1 Å². The molecule has 0 aliphatic rings. The van der Waals surface area contributed by atoms with E-state index in [0.717, 1.165) is 15.8 Å². The highest BCUT2D eigenvalue weighted by Gasteiger charge is 2.19. The van der Waals surface area contributed by atoms with Crippen LogP contribution in [0.25, 0.3) is 0 Å². The van der Waals surface area contributed by atoms with Crippen molar-refractivity contribution in [3.05, 3.63) is 60.3 Å². The lowest BCUT2D eigenvalue weighted by atomic mass is 10.2. The molecule has 1 N–H and O–H groups in total. The highest BCUT2D eigenvalue weighted by molar-refractivity contribution is 7.11. The fourth-order valence-corrected chi connectivity index (χ4v) is 2.53. The average Bonchev–Trinajstić information content (AvgIpc) is 2.81. The molecule has 1 heterocycles. The maximum atomic E-state index is 11.0. The van der Waals surface area contributed by atoms with Gasteiger partial charge in [-0.3, -0.25) is 20.2 Å². The number of non-ortho nitro benzene ring substituents is 1. The van der Waals surface area contributed by atoms with Crippen LogP contribution in [-0.2, 0) is 6.54 Å². The van der Waals surface area contributed by atoms with Gasteiger partial charge in [0.15, 0.2) is 0 Å². The van der Waals surface area contributed by atoms with E-state index in [9.17, 15) is 20.2 Å². The van der Waals surface area contributed by atoms with Gasteiger partial charge in [-0.25, -0.2) is 0 Å². The summed E-state index contributed by atoms with van der Waals surface area (Å²) < 4.78 is 0. The number of nitro groups is 2. The topological polar surface area (TPSA) is 98.3 Å².